The Kier molecular flexibility index (Phi) is 7.15. The molecule has 7 nitrogen and oxygen atoms in total. The third-order valence-electron chi connectivity index (χ3n) is 6.47. The van der Waals surface area contributed by atoms with Crippen LogP contribution < -0.4 is 0 Å². The van der Waals surface area contributed by atoms with Gasteiger partial charge >= 0.3 is 0 Å². The summed E-state index contributed by atoms with van der Waals surface area (Å²) in [5.74, 6) is -0.242. The average molecular weight is 522 g/mol. The van der Waals surface area contributed by atoms with Crippen molar-refractivity contribution < 1.29 is 17.9 Å². The van der Waals surface area contributed by atoms with Gasteiger partial charge in [0.05, 0.1) is 24.7 Å². The number of thiophene rings is 1. The van der Waals surface area contributed by atoms with E-state index in [0.717, 1.165) is 22.9 Å². The molecule has 1 aliphatic heterocycles. The van der Waals surface area contributed by atoms with Gasteiger partial charge in [0, 0.05) is 36.7 Å². The van der Waals surface area contributed by atoms with E-state index >= 15 is 0 Å². The normalized spacial score (nSPS) is 15.8. The standard InChI is InChI=1S/C27H27N3O4S2/c1-34-17-16-29(36(32,33)24-11-5-9-20-10-6-14-28-26(20)24)19-25(31)30-15-12-23-22(13-18-35-23)27(30)21-7-3-2-4-8-21/h2-11,13-14,18,27H,12,15-17,19H2,1H3. The van der Waals surface area contributed by atoms with Gasteiger partial charge in [0.1, 0.15) is 4.90 Å². The van der Waals surface area contributed by atoms with Crippen molar-refractivity contribution in [2.75, 3.05) is 33.4 Å². The number of benzene rings is 2. The Labute approximate surface area is 215 Å². The minimum Gasteiger partial charge on any atom is -0.383 e. The number of carbonyl (C=O) groups is 1. The number of nitrogens with zero attached hydrogens (tertiary/aromatic N) is 3. The van der Waals surface area contributed by atoms with Crippen LogP contribution in [0.15, 0.2) is 83.2 Å². The summed E-state index contributed by atoms with van der Waals surface area (Å²) in [6.07, 6.45) is 2.32. The first-order valence-corrected chi connectivity index (χ1v) is 14.1. The van der Waals surface area contributed by atoms with Gasteiger partial charge in [0.25, 0.3) is 0 Å². The van der Waals surface area contributed by atoms with Crippen LogP contribution in [0.1, 0.15) is 22.0 Å². The van der Waals surface area contributed by atoms with Gasteiger partial charge in [-0.25, -0.2) is 8.42 Å². The van der Waals surface area contributed by atoms with Crippen molar-refractivity contribution in [1.82, 2.24) is 14.2 Å². The maximum absolute atomic E-state index is 13.8. The molecule has 0 aliphatic carbocycles. The predicted molar refractivity (Wildman–Crippen MR) is 140 cm³/mol. The van der Waals surface area contributed by atoms with Crippen LogP contribution in [0.3, 0.4) is 0 Å². The van der Waals surface area contributed by atoms with E-state index in [1.54, 1.807) is 40.6 Å². The van der Waals surface area contributed by atoms with Crippen LogP contribution in [-0.4, -0.2) is 61.9 Å². The van der Waals surface area contributed by atoms with Gasteiger partial charge in [-0.15, -0.1) is 11.3 Å². The maximum atomic E-state index is 13.8. The molecular formula is C27H27N3O4S2. The van der Waals surface area contributed by atoms with Crippen molar-refractivity contribution >= 4 is 38.2 Å². The number of para-hydroxylation sites is 1. The third kappa shape index (κ3) is 4.67. The van der Waals surface area contributed by atoms with E-state index in [4.69, 9.17) is 4.74 Å². The summed E-state index contributed by atoms with van der Waals surface area (Å²) >= 11 is 1.70. The number of methoxy groups -OCH3 is 1. The topological polar surface area (TPSA) is 79.8 Å². The van der Waals surface area contributed by atoms with Gasteiger partial charge in [-0.2, -0.15) is 4.31 Å². The van der Waals surface area contributed by atoms with Gasteiger partial charge in [0.2, 0.25) is 15.9 Å². The first-order valence-electron chi connectivity index (χ1n) is 11.7. The lowest BCUT2D eigenvalue weighted by atomic mass is 9.93. The zero-order valence-electron chi connectivity index (χ0n) is 19.9. The van der Waals surface area contributed by atoms with Crippen LogP contribution in [0.5, 0.6) is 0 Å². The summed E-state index contributed by atoms with van der Waals surface area (Å²) in [7, 11) is -2.51. The Morgan fingerprint density at radius 2 is 1.92 bits per heavy atom. The highest BCUT2D eigenvalue weighted by molar-refractivity contribution is 7.89. The second-order valence-corrected chi connectivity index (χ2v) is 11.5. The van der Waals surface area contributed by atoms with E-state index in [-0.39, 0.29) is 36.5 Å². The fourth-order valence-corrected chi connectivity index (χ4v) is 7.17. The Bertz CT molecular complexity index is 1470. The monoisotopic (exact) mass is 521 g/mol. The number of sulfonamides is 1. The Morgan fingerprint density at radius 1 is 1.11 bits per heavy atom. The van der Waals surface area contributed by atoms with Crippen LogP contribution in [0, 0.1) is 0 Å². The van der Waals surface area contributed by atoms with Gasteiger partial charge < -0.3 is 9.64 Å². The first-order chi connectivity index (χ1) is 17.5. The van der Waals surface area contributed by atoms with Crippen LogP contribution in [0.25, 0.3) is 10.9 Å². The molecule has 5 rings (SSSR count). The molecule has 0 spiro atoms. The zero-order valence-corrected chi connectivity index (χ0v) is 21.5. The highest BCUT2D eigenvalue weighted by Crippen LogP contribution is 2.38. The summed E-state index contributed by atoms with van der Waals surface area (Å²) in [5, 5.41) is 2.78. The molecule has 1 aliphatic rings. The van der Waals surface area contributed by atoms with Gasteiger partial charge in [-0.05, 0) is 41.1 Å². The van der Waals surface area contributed by atoms with E-state index in [1.165, 1.54) is 16.3 Å². The number of aromatic nitrogens is 1. The molecule has 2 aromatic carbocycles. The van der Waals surface area contributed by atoms with Crippen LogP contribution in [0.2, 0.25) is 0 Å². The molecule has 36 heavy (non-hydrogen) atoms. The highest BCUT2D eigenvalue weighted by atomic mass is 32.2. The van der Waals surface area contributed by atoms with E-state index in [9.17, 15) is 13.2 Å². The van der Waals surface area contributed by atoms with E-state index in [0.29, 0.717) is 12.1 Å². The molecule has 4 aromatic rings. The SMILES string of the molecule is COCCN(CC(=O)N1CCc2sccc2C1c1ccccc1)S(=O)(=O)c1cccc2cccnc12. The first kappa shape index (κ1) is 24.6. The zero-order chi connectivity index (χ0) is 25.1. The van der Waals surface area contributed by atoms with Crippen molar-refractivity contribution in [3.05, 3.63) is 94.3 Å². The molecule has 1 amide bonds. The van der Waals surface area contributed by atoms with Crippen LogP contribution in [-0.2, 0) is 26.0 Å². The molecule has 0 saturated heterocycles. The molecule has 0 fully saturated rings. The molecule has 0 N–H and O–H groups in total. The Balaban J connectivity index is 1.49. The van der Waals surface area contributed by atoms with E-state index < -0.39 is 10.0 Å². The number of carbonyl (C=O) groups excluding carboxylic acids is 1. The molecule has 3 heterocycles. The van der Waals surface area contributed by atoms with Crippen molar-refractivity contribution in [1.29, 1.82) is 0 Å². The molecule has 186 valence electrons. The van der Waals surface area contributed by atoms with Crippen LogP contribution in [0.4, 0.5) is 0 Å². The van der Waals surface area contributed by atoms with Crippen LogP contribution >= 0.6 is 11.3 Å². The van der Waals surface area contributed by atoms with Crippen molar-refractivity contribution in [2.24, 2.45) is 0 Å². The smallest absolute Gasteiger partial charge is 0.245 e. The second-order valence-electron chi connectivity index (χ2n) is 8.61. The van der Waals surface area contributed by atoms with E-state index in [2.05, 4.69) is 16.4 Å². The highest BCUT2D eigenvalue weighted by Gasteiger charge is 2.36. The van der Waals surface area contributed by atoms with Crippen molar-refractivity contribution in [3.63, 3.8) is 0 Å². The number of fused-ring (bicyclic) bond motifs is 2. The van der Waals surface area contributed by atoms with Gasteiger partial charge in [-0.3, -0.25) is 9.78 Å². The minimum absolute atomic E-state index is 0.0569. The fraction of sp³-hybridized carbons (Fsp3) is 0.259. The number of amides is 1. The molecule has 0 saturated carbocycles. The van der Waals surface area contributed by atoms with Gasteiger partial charge in [-0.1, -0.05) is 48.5 Å². The molecule has 2 aromatic heterocycles. The molecule has 0 bridgehead atoms. The van der Waals surface area contributed by atoms with Crippen molar-refractivity contribution in [2.45, 2.75) is 17.4 Å². The van der Waals surface area contributed by atoms with Crippen molar-refractivity contribution in [3.8, 4) is 0 Å². The van der Waals surface area contributed by atoms with E-state index in [1.807, 2.05) is 42.5 Å². The predicted octanol–water partition coefficient (Wildman–Crippen LogP) is 4.11. The summed E-state index contributed by atoms with van der Waals surface area (Å²) in [4.78, 5) is 21.3. The Hall–Kier alpha value is -3.11. The number of hydrogen-bond acceptors (Lipinski definition) is 6. The number of hydrogen-bond donors (Lipinski definition) is 0. The summed E-state index contributed by atoms with van der Waals surface area (Å²) in [5.41, 5.74) is 2.50. The second kappa shape index (κ2) is 10.5. The largest absolute Gasteiger partial charge is 0.383 e. The number of ether oxygens (including phenoxy) is 1. The van der Waals surface area contributed by atoms with Gasteiger partial charge in [0.15, 0.2) is 0 Å². The molecule has 1 atom stereocenters. The quantitative estimate of drug-likeness (QED) is 0.349. The minimum atomic E-state index is -4.02. The lowest BCUT2D eigenvalue weighted by Crippen LogP contribution is -2.47. The number of pyridine rings is 1. The maximum Gasteiger partial charge on any atom is 0.245 e. The lowest BCUT2D eigenvalue weighted by Gasteiger charge is -2.37. The third-order valence-corrected chi connectivity index (χ3v) is 9.34. The average Bonchev–Trinajstić information content (AvgIpc) is 3.39. The summed E-state index contributed by atoms with van der Waals surface area (Å²) in [6.45, 7) is 0.473. The fourth-order valence-electron chi connectivity index (χ4n) is 4.72. The molecular weight excluding hydrogens is 494 g/mol. The molecule has 0 radical (unpaired) electrons. The number of rotatable bonds is 8. The summed E-state index contributed by atoms with van der Waals surface area (Å²) in [6, 6.07) is 20.4. The molecule has 9 heteroatoms. The lowest BCUT2D eigenvalue weighted by molar-refractivity contribution is -0.133. The Morgan fingerprint density at radius 3 is 2.72 bits per heavy atom. The summed E-state index contributed by atoms with van der Waals surface area (Å²) < 4.78 is 34.1. The molecule has 1 unspecified atom stereocenters.